The lowest BCUT2D eigenvalue weighted by Crippen LogP contribution is -2.41. The van der Waals surface area contributed by atoms with Crippen LogP contribution in [0, 0.1) is 0 Å². The number of likely N-dealkylation sites (tertiary alicyclic amines) is 1. The van der Waals surface area contributed by atoms with Crippen molar-refractivity contribution in [3.8, 4) is 16.9 Å². The number of carbonyl (C=O) groups excluding carboxylic acids is 1. The van der Waals surface area contributed by atoms with Crippen molar-refractivity contribution < 1.29 is 9.53 Å². The third-order valence-electron chi connectivity index (χ3n) is 4.25. The Kier molecular flexibility index (Phi) is 5.21. The molecule has 0 spiro atoms. The molecule has 3 nitrogen and oxygen atoms in total. The van der Waals surface area contributed by atoms with E-state index in [4.69, 9.17) is 16.3 Å². The lowest BCUT2D eigenvalue weighted by atomic mass is 10.0. The van der Waals surface area contributed by atoms with Gasteiger partial charge in [-0.1, -0.05) is 48.5 Å². The summed E-state index contributed by atoms with van der Waals surface area (Å²) in [6.07, 6.45) is 3.15. The van der Waals surface area contributed by atoms with Gasteiger partial charge in [0.05, 0.1) is 0 Å². The Hall–Kier alpha value is -2.26. The van der Waals surface area contributed by atoms with Gasteiger partial charge in [-0.25, -0.2) is 0 Å². The first-order valence-corrected chi connectivity index (χ1v) is 8.48. The molecule has 0 bridgehead atoms. The highest BCUT2D eigenvalue weighted by Crippen LogP contribution is 2.30. The molecule has 0 aromatic heterocycles. The molecule has 2 aromatic rings. The highest BCUT2D eigenvalue weighted by Gasteiger charge is 2.22. The molecule has 0 aliphatic carbocycles. The van der Waals surface area contributed by atoms with Crippen molar-refractivity contribution in [3.05, 3.63) is 66.2 Å². The van der Waals surface area contributed by atoms with Crippen LogP contribution in [0.3, 0.4) is 0 Å². The fourth-order valence-corrected chi connectivity index (χ4v) is 3.19. The Balaban J connectivity index is 1.67. The fourth-order valence-electron chi connectivity index (χ4n) is 2.95. The van der Waals surface area contributed by atoms with Crippen molar-refractivity contribution in [2.24, 2.45) is 0 Å². The van der Waals surface area contributed by atoms with Crippen LogP contribution in [-0.4, -0.2) is 30.0 Å². The van der Waals surface area contributed by atoms with Crippen LogP contribution in [0.5, 0.6) is 5.75 Å². The minimum absolute atomic E-state index is 0.00540. The molecule has 2 aromatic carbocycles. The zero-order valence-corrected chi connectivity index (χ0v) is 14.2. The van der Waals surface area contributed by atoms with Gasteiger partial charge in [-0.3, -0.25) is 4.79 Å². The lowest BCUT2D eigenvalue weighted by molar-refractivity contribution is -0.127. The molecule has 1 heterocycles. The SMILES string of the molecule is C=CC(=O)N1CCC(Oc2cccc(-c3ccccc3Cl)c2)CC1. The van der Waals surface area contributed by atoms with Gasteiger partial charge in [0.1, 0.15) is 11.9 Å². The average molecular weight is 342 g/mol. The summed E-state index contributed by atoms with van der Waals surface area (Å²) in [4.78, 5) is 13.4. The first-order valence-electron chi connectivity index (χ1n) is 8.10. The molecule has 4 heteroatoms. The van der Waals surface area contributed by atoms with Gasteiger partial charge >= 0.3 is 0 Å². The third kappa shape index (κ3) is 3.80. The minimum Gasteiger partial charge on any atom is -0.490 e. The molecule has 1 fully saturated rings. The van der Waals surface area contributed by atoms with Gasteiger partial charge < -0.3 is 9.64 Å². The summed E-state index contributed by atoms with van der Waals surface area (Å²) >= 11 is 6.28. The van der Waals surface area contributed by atoms with Crippen LogP contribution in [0.2, 0.25) is 5.02 Å². The van der Waals surface area contributed by atoms with Gasteiger partial charge in [-0.2, -0.15) is 0 Å². The average Bonchev–Trinajstić information content (AvgIpc) is 2.62. The van der Waals surface area contributed by atoms with Gasteiger partial charge in [-0.05, 0) is 29.8 Å². The maximum absolute atomic E-state index is 11.6. The number of rotatable bonds is 4. The Morgan fingerprint density at radius 3 is 2.62 bits per heavy atom. The van der Waals surface area contributed by atoms with Crippen LogP contribution in [0.1, 0.15) is 12.8 Å². The van der Waals surface area contributed by atoms with E-state index in [1.54, 1.807) is 0 Å². The Morgan fingerprint density at radius 2 is 1.92 bits per heavy atom. The molecule has 0 N–H and O–H groups in total. The third-order valence-corrected chi connectivity index (χ3v) is 4.58. The normalized spacial score (nSPS) is 15.1. The summed E-state index contributed by atoms with van der Waals surface area (Å²) in [5, 5.41) is 0.728. The lowest BCUT2D eigenvalue weighted by Gasteiger charge is -2.31. The Morgan fingerprint density at radius 1 is 1.17 bits per heavy atom. The van der Waals surface area contributed by atoms with Crippen molar-refractivity contribution in [2.75, 3.05) is 13.1 Å². The summed E-state index contributed by atoms with van der Waals surface area (Å²) in [7, 11) is 0. The second kappa shape index (κ2) is 7.54. The van der Waals surface area contributed by atoms with Crippen LogP contribution in [0.4, 0.5) is 0 Å². The van der Waals surface area contributed by atoms with Crippen LogP contribution in [-0.2, 0) is 4.79 Å². The number of hydrogen-bond acceptors (Lipinski definition) is 2. The van der Waals surface area contributed by atoms with E-state index in [1.165, 1.54) is 6.08 Å². The number of carbonyl (C=O) groups is 1. The summed E-state index contributed by atoms with van der Waals surface area (Å²) in [6, 6.07) is 15.8. The molecule has 0 radical (unpaired) electrons. The maximum atomic E-state index is 11.6. The van der Waals surface area contributed by atoms with E-state index in [9.17, 15) is 4.79 Å². The van der Waals surface area contributed by atoms with E-state index in [-0.39, 0.29) is 12.0 Å². The molecule has 24 heavy (non-hydrogen) atoms. The van der Waals surface area contributed by atoms with E-state index in [1.807, 2.05) is 53.4 Å². The van der Waals surface area contributed by atoms with E-state index >= 15 is 0 Å². The number of nitrogens with zero attached hydrogens (tertiary/aromatic N) is 1. The highest BCUT2D eigenvalue weighted by molar-refractivity contribution is 6.33. The quantitative estimate of drug-likeness (QED) is 0.763. The largest absolute Gasteiger partial charge is 0.490 e. The van der Waals surface area contributed by atoms with E-state index < -0.39 is 0 Å². The standard InChI is InChI=1S/C20H20ClNO2/c1-2-20(23)22-12-10-16(11-13-22)24-17-7-5-6-15(14-17)18-8-3-4-9-19(18)21/h2-9,14,16H,1,10-13H2. The molecule has 0 atom stereocenters. The molecule has 1 amide bonds. The van der Waals surface area contributed by atoms with E-state index in [2.05, 4.69) is 6.58 Å². The van der Waals surface area contributed by atoms with Crippen molar-refractivity contribution >= 4 is 17.5 Å². The molecule has 0 unspecified atom stereocenters. The van der Waals surface area contributed by atoms with Crippen molar-refractivity contribution in [3.63, 3.8) is 0 Å². The molecule has 3 rings (SSSR count). The molecular weight excluding hydrogens is 322 g/mol. The molecule has 1 aliphatic heterocycles. The van der Waals surface area contributed by atoms with Gasteiger partial charge in [-0.15, -0.1) is 0 Å². The topological polar surface area (TPSA) is 29.5 Å². The summed E-state index contributed by atoms with van der Waals surface area (Å²) in [5.41, 5.74) is 2.04. The maximum Gasteiger partial charge on any atom is 0.245 e. The Bertz CT molecular complexity index is 736. The molecular formula is C20H20ClNO2. The second-order valence-electron chi connectivity index (χ2n) is 5.85. The number of hydrogen-bond donors (Lipinski definition) is 0. The van der Waals surface area contributed by atoms with Crippen LogP contribution < -0.4 is 4.74 Å². The predicted molar refractivity (Wildman–Crippen MR) is 97.3 cm³/mol. The van der Waals surface area contributed by atoms with Crippen LogP contribution in [0.25, 0.3) is 11.1 Å². The van der Waals surface area contributed by atoms with Crippen LogP contribution in [0.15, 0.2) is 61.2 Å². The molecule has 1 aliphatic rings. The van der Waals surface area contributed by atoms with Crippen molar-refractivity contribution in [2.45, 2.75) is 18.9 Å². The Labute approximate surface area is 147 Å². The summed E-state index contributed by atoms with van der Waals surface area (Å²) in [5.74, 6) is 0.829. The minimum atomic E-state index is -0.00540. The zero-order valence-electron chi connectivity index (χ0n) is 13.5. The van der Waals surface area contributed by atoms with Gasteiger partial charge in [0.2, 0.25) is 5.91 Å². The first kappa shape index (κ1) is 16.6. The molecule has 1 saturated heterocycles. The molecule has 0 saturated carbocycles. The zero-order chi connectivity index (χ0) is 16.9. The first-order chi connectivity index (χ1) is 11.7. The number of benzene rings is 2. The number of piperidine rings is 1. The smallest absolute Gasteiger partial charge is 0.245 e. The van der Waals surface area contributed by atoms with Gasteiger partial charge in [0, 0.05) is 36.5 Å². The predicted octanol–water partition coefficient (Wildman–Crippen LogP) is 4.56. The van der Waals surface area contributed by atoms with Crippen molar-refractivity contribution in [1.29, 1.82) is 0 Å². The van der Waals surface area contributed by atoms with Gasteiger partial charge in [0.15, 0.2) is 0 Å². The summed E-state index contributed by atoms with van der Waals surface area (Å²) in [6.45, 7) is 4.95. The second-order valence-corrected chi connectivity index (χ2v) is 6.26. The molecule has 124 valence electrons. The van der Waals surface area contributed by atoms with E-state index in [0.717, 1.165) is 34.7 Å². The number of amides is 1. The fraction of sp³-hybridized carbons (Fsp3) is 0.250. The van der Waals surface area contributed by atoms with Gasteiger partial charge in [0.25, 0.3) is 0 Å². The number of halogens is 1. The van der Waals surface area contributed by atoms with E-state index in [0.29, 0.717) is 13.1 Å². The van der Waals surface area contributed by atoms with Crippen molar-refractivity contribution in [1.82, 2.24) is 4.90 Å². The number of ether oxygens (including phenoxy) is 1. The van der Waals surface area contributed by atoms with Crippen LogP contribution >= 0.6 is 11.6 Å². The summed E-state index contributed by atoms with van der Waals surface area (Å²) < 4.78 is 6.11. The highest BCUT2D eigenvalue weighted by atomic mass is 35.5. The monoisotopic (exact) mass is 341 g/mol.